The molecule has 2 rings (SSSR count). The fraction of sp³-hybridized carbons (Fsp3) is 0.222. The molecule has 2 heterocycles. The van der Waals surface area contributed by atoms with Gasteiger partial charge in [-0.3, -0.25) is 9.48 Å². The normalized spacial score (nSPS) is 10.3. The molecule has 0 aliphatic rings. The second kappa shape index (κ2) is 3.56. The van der Waals surface area contributed by atoms with E-state index in [1.54, 1.807) is 24.0 Å². The minimum Gasteiger partial charge on any atom is -0.337 e. The number of aromatic amines is 1. The van der Waals surface area contributed by atoms with Gasteiger partial charge in [-0.15, -0.1) is 0 Å². The Balaban J connectivity index is 2.28. The Bertz CT molecular complexity index is 527. The van der Waals surface area contributed by atoms with Gasteiger partial charge >= 0.3 is 0 Å². The molecule has 0 spiro atoms. The Labute approximate surface area is 86.0 Å². The molecule has 2 aromatic heterocycles. The van der Waals surface area contributed by atoms with Crippen molar-refractivity contribution in [1.29, 1.82) is 0 Å². The van der Waals surface area contributed by atoms with Gasteiger partial charge in [-0.05, 0) is 6.92 Å². The number of H-pyrrole nitrogens is 1. The summed E-state index contributed by atoms with van der Waals surface area (Å²) in [5, 5.41) is 6.99. The number of nitrogens with zero attached hydrogens (tertiary/aromatic N) is 3. The first kappa shape index (κ1) is 9.45. The zero-order valence-electron chi connectivity index (χ0n) is 8.48. The van der Waals surface area contributed by atoms with Gasteiger partial charge in [0.05, 0.1) is 11.9 Å². The van der Waals surface area contributed by atoms with Crippen molar-refractivity contribution >= 4 is 11.5 Å². The fourth-order valence-electron chi connectivity index (χ4n) is 1.28. The van der Waals surface area contributed by atoms with Crippen LogP contribution in [0.25, 0.3) is 0 Å². The van der Waals surface area contributed by atoms with Gasteiger partial charge in [0.15, 0.2) is 0 Å². The minimum atomic E-state index is -0.172. The molecule has 0 amide bonds. The average molecular weight is 205 g/mol. The third-order valence-corrected chi connectivity index (χ3v) is 1.84. The number of nitrogens with one attached hydrogen (secondary N) is 2. The van der Waals surface area contributed by atoms with E-state index in [1.165, 1.54) is 6.07 Å². The van der Waals surface area contributed by atoms with Crippen molar-refractivity contribution in [2.75, 3.05) is 5.32 Å². The summed E-state index contributed by atoms with van der Waals surface area (Å²) in [5.41, 5.74) is 0.629. The standard InChI is InChI=1S/C9H11N5O/c1-6-11-8(3-9(15)12-6)13-7-4-10-14(2)5-7/h3-5H,1-2H3,(H2,11,12,13,15). The summed E-state index contributed by atoms with van der Waals surface area (Å²) in [7, 11) is 1.82. The molecular weight excluding hydrogens is 194 g/mol. The number of aryl methyl sites for hydroxylation is 2. The molecule has 0 saturated heterocycles. The van der Waals surface area contributed by atoms with Crippen molar-refractivity contribution in [3.05, 3.63) is 34.6 Å². The first-order valence-corrected chi connectivity index (χ1v) is 4.47. The van der Waals surface area contributed by atoms with Crippen LogP contribution in [0, 0.1) is 6.92 Å². The summed E-state index contributed by atoms with van der Waals surface area (Å²) in [6.45, 7) is 1.73. The summed E-state index contributed by atoms with van der Waals surface area (Å²) in [5.74, 6) is 1.10. The maximum atomic E-state index is 11.2. The number of anilines is 2. The van der Waals surface area contributed by atoms with Crippen LogP contribution in [0.3, 0.4) is 0 Å². The molecule has 0 radical (unpaired) electrons. The van der Waals surface area contributed by atoms with Crippen LogP contribution in [0.15, 0.2) is 23.3 Å². The maximum Gasteiger partial charge on any atom is 0.252 e. The van der Waals surface area contributed by atoms with E-state index >= 15 is 0 Å². The summed E-state index contributed by atoms with van der Waals surface area (Å²) in [4.78, 5) is 17.9. The molecule has 0 unspecified atom stereocenters. The van der Waals surface area contributed by atoms with E-state index in [2.05, 4.69) is 20.4 Å². The molecule has 0 saturated carbocycles. The number of rotatable bonds is 2. The molecular formula is C9H11N5O. The van der Waals surface area contributed by atoms with Crippen molar-refractivity contribution in [2.24, 2.45) is 7.05 Å². The molecule has 2 aromatic rings. The zero-order chi connectivity index (χ0) is 10.8. The van der Waals surface area contributed by atoms with Crippen molar-refractivity contribution in [2.45, 2.75) is 6.92 Å². The highest BCUT2D eigenvalue weighted by molar-refractivity contribution is 5.53. The van der Waals surface area contributed by atoms with Gasteiger partial charge in [-0.2, -0.15) is 5.10 Å². The van der Waals surface area contributed by atoms with Gasteiger partial charge in [0.2, 0.25) is 0 Å². The summed E-state index contributed by atoms with van der Waals surface area (Å²) >= 11 is 0. The minimum absolute atomic E-state index is 0.172. The third-order valence-electron chi connectivity index (χ3n) is 1.84. The molecule has 2 N–H and O–H groups in total. The molecule has 6 nitrogen and oxygen atoms in total. The van der Waals surface area contributed by atoms with E-state index in [0.29, 0.717) is 11.6 Å². The Morgan fingerprint density at radius 3 is 2.93 bits per heavy atom. The molecule has 0 aliphatic heterocycles. The lowest BCUT2D eigenvalue weighted by atomic mass is 10.5. The van der Waals surface area contributed by atoms with Crippen LogP contribution < -0.4 is 10.9 Å². The largest absolute Gasteiger partial charge is 0.337 e. The van der Waals surface area contributed by atoms with Crippen molar-refractivity contribution in [3.8, 4) is 0 Å². The molecule has 78 valence electrons. The lowest BCUT2D eigenvalue weighted by molar-refractivity contribution is 0.768. The lowest BCUT2D eigenvalue weighted by Crippen LogP contribution is -2.09. The van der Waals surface area contributed by atoms with E-state index in [-0.39, 0.29) is 5.56 Å². The van der Waals surface area contributed by atoms with E-state index in [4.69, 9.17) is 0 Å². The highest BCUT2D eigenvalue weighted by Crippen LogP contribution is 2.10. The summed E-state index contributed by atoms with van der Waals surface area (Å²) < 4.78 is 1.67. The predicted octanol–water partition coefficient (Wildman–Crippen LogP) is 0.555. The Morgan fingerprint density at radius 1 is 1.53 bits per heavy atom. The molecule has 0 aliphatic carbocycles. The van der Waals surface area contributed by atoms with Crippen LogP contribution in [-0.2, 0) is 7.05 Å². The fourth-order valence-corrected chi connectivity index (χ4v) is 1.28. The van der Waals surface area contributed by atoms with Gasteiger partial charge in [-0.1, -0.05) is 0 Å². The average Bonchev–Trinajstić information content (AvgIpc) is 2.49. The smallest absolute Gasteiger partial charge is 0.252 e. The van der Waals surface area contributed by atoms with Crippen LogP contribution in [-0.4, -0.2) is 19.7 Å². The van der Waals surface area contributed by atoms with Crippen molar-refractivity contribution in [1.82, 2.24) is 19.7 Å². The maximum absolute atomic E-state index is 11.2. The summed E-state index contributed by atoms with van der Waals surface area (Å²) in [6.07, 6.45) is 3.47. The van der Waals surface area contributed by atoms with E-state index in [1.807, 2.05) is 7.05 Å². The number of aromatic nitrogens is 4. The molecule has 0 bridgehead atoms. The Morgan fingerprint density at radius 2 is 2.33 bits per heavy atom. The molecule has 6 heteroatoms. The van der Waals surface area contributed by atoms with E-state index in [0.717, 1.165) is 5.69 Å². The van der Waals surface area contributed by atoms with Gasteiger partial charge in [-0.25, -0.2) is 4.98 Å². The molecule has 0 atom stereocenters. The Hall–Kier alpha value is -2.11. The van der Waals surface area contributed by atoms with E-state index < -0.39 is 0 Å². The SMILES string of the molecule is Cc1nc(Nc2cnn(C)c2)cc(=O)[nH]1. The first-order valence-electron chi connectivity index (χ1n) is 4.47. The van der Waals surface area contributed by atoms with Crippen molar-refractivity contribution in [3.63, 3.8) is 0 Å². The van der Waals surface area contributed by atoms with Gasteiger partial charge in [0.1, 0.15) is 11.6 Å². The lowest BCUT2D eigenvalue weighted by Gasteiger charge is -2.01. The van der Waals surface area contributed by atoms with Crippen LogP contribution >= 0.6 is 0 Å². The van der Waals surface area contributed by atoms with Gasteiger partial charge in [0.25, 0.3) is 5.56 Å². The zero-order valence-corrected chi connectivity index (χ0v) is 8.48. The number of hydrogen-bond acceptors (Lipinski definition) is 4. The molecule has 15 heavy (non-hydrogen) atoms. The second-order valence-electron chi connectivity index (χ2n) is 3.24. The van der Waals surface area contributed by atoms with Gasteiger partial charge < -0.3 is 10.3 Å². The van der Waals surface area contributed by atoms with Crippen molar-refractivity contribution < 1.29 is 0 Å². The molecule has 0 fully saturated rings. The monoisotopic (exact) mass is 205 g/mol. The Kier molecular flexibility index (Phi) is 2.24. The topological polar surface area (TPSA) is 75.6 Å². The summed E-state index contributed by atoms with van der Waals surface area (Å²) in [6, 6.07) is 1.40. The van der Waals surface area contributed by atoms with Crippen LogP contribution in [0.1, 0.15) is 5.82 Å². The van der Waals surface area contributed by atoms with Crippen LogP contribution in [0.5, 0.6) is 0 Å². The van der Waals surface area contributed by atoms with Gasteiger partial charge in [0, 0.05) is 19.3 Å². The first-order chi connectivity index (χ1) is 7.13. The molecule has 0 aromatic carbocycles. The third kappa shape index (κ3) is 2.22. The predicted molar refractivity (Wildman–Crippen MR) is 56.1 cm³/mol. The van der Waals surface area contributed by atoms with E-state index in [9.17, 15) is 4.79 Å². The quantitative estimate of drug-likeness (QED) is 0.751. The number of hydrogen-bond donors (Lipinski definition) is 2. The van der Waals surface area contributed by atoms with Crippen LogP contribution in [0.2, 0.25) is 0 Å². The second-order valence-corrected chi connectivity index (χ2v) is 3.24. The highest BCUT2D eigenvalue weighted by atomic mass is 16.1. The van der Waals surface area contributed by atoms with Crippen LogP contribution in [0.4, 0.5) is 11.5 Å². The highest BCUT2D eigenvalue weighted by Gasteiger charge is 2.00.